The minimum Gasteiger partial charge on any atom is -0.356 e. The van der Waals surface area contributed by atoms with Crippen LogP contribution in [0, 0.1) is 0 Å². The van der Waals surface area contributed by atoms with Crippen LogP contribution in [0.4, 0.5) is 0 Å². The second-order valence-electron chi connectivity index (χ2n) is 9.15. The van der Waals surface area contributed by atoms with Crippen LogP contribution in [-0.4, -0.2) is 64.6 Å². The molecular formula is C26H29Cl2N5O4S2. The van der Waals surface area contributed by atoms with Crippen LogP contribution in [0.25, 0.3) is 5.69 Å². The van der Waals surface area contributed by atoms with Crippen molar-refractivity contribution in [2.45, 2.75) is 49.1 Å². The van der Waals surface area contributed by atoms with Crippen molar-refractivity contribution in [1.29, 1.82) is 0 Å². The summed E-state index contributed by atoms with van der Waals surface area (Å²) in [6, 6.07) is 11.2. The van der Waals surface area contributed by atoms with Gasteiger partial charge in [-0.1, -0.05) is 53.5 Å². The lowest BCUT2D eigenvalue weighted by Gasteiger charge is -2.25. The number of carbonyl (C=O) groups is 2. The molecule has 1 aliphatic rings. The molecule has 1 aromatic heterocycles. The predicted octanol–water partition coefficient (Wildman–Crippen LogP) is 4.79. The van der Waals surface area contributed by atoms with Gasteiger partial charge in [0.25, 0.3) is 0 Å². The maximum Gasteiger partial charge on any atom is 0.243 e. The van der Waals surface area contributed by atoms with Crippen molar-refractivity contribution in [2.24, 2.45) is 0 Å². The molecule has 0 aliphatic carbocycles. The molecule has 2 aromatic carbocycles. The van der Waals surface area contributed by atoms with E-state index in [0.29, 0.717) is 64.8 Å². The highest BCUT2D eigenvalue weighted by molar-refractivity contribution is 7.99. The van der Waals surface area contributed by atoms with Crippen molar-refractivity contribution in [3.8, 4) is 5.69 Å². The molecule has 0 atom stereocenters. The number of rotatable bonds is 11. The van der Waals surface area contributed by atoms with Crippen LogP contribution < -0.4 is 5.32 Å². The van der Waals surface area contributed by atoms with Crippen LogP contribution in [0.15, 0.2) is 52.5 Å². The Morgan fingerprint density at radius 3 is 2.31 bits per heavy atom. The Hall–Kier alpha value is -2.44. The molecule has 9 nitrogen and oxygen atoms in total. The summed E-state index contributed by atoms with van der Waals surface area (Å²) in [7, 11) is -3.56. The number of piperidine rings is 1. The predicted molar refractivity (Wildman–Crippen MR) is 152 cm³/mol. The normalized spacial score (nSPS) is 14.3. The Morgan fingerprint density at radius 2 is 1.67 bits per heavy atom. The van der Waals surface area contributed by atoms with E-state index in [4.69, 9.17) is 23.2 Å². The Labute approximate surface area is 242 Å². The Morgan fingerprint density at radius 1 is 1.00 bits per heavy atom. The van der Waals surface area contributed by atoms with Crippen molar-refractivity contribution in [3.05, 3.63) is 63.9 Å². The number of Topliss-reactive ketones (excluding diaryl/α,β-unsaturated/α-hetero) is 1. The van der Waals surface area contributed by atoms with Crippen molar-refractivity contribution < 1.29 is 18.0 Å². The number of ketones is 1. The molecule has 1 saturated heterocycles. The van der Waals surface area contributed by atoms with Gasteiger partial charge in [-0.25, -0.2) is 8.42 Å². The van der Waals surface area contributed by atoms with Gasteiger partial charge in [-0.3, -0.25) is 14.2 Å². The van der Waals surface area contributed by atoms with Gasteiger partial charge < -0.3 is 5.32 Å². The highest BCUT2D eigenvalue weighted by Gasteiger charge is 2.26. The summed E-state index contributed by atoms with van der Waals surface area (Å²) in [6.45, 7) is 2.99. The van der Waals surface area contributed by atoms with E-state index in [0.717, 1.165) is 19.3 Å². The van der Waals surface area contributed by atoms with E-state index < -0.39 is 10.0 Å². The third kappa shape index (κ3) is 7.61. The van der Waals surface area contributed by atoms with Gasteiger partial charge in [0.15, 0.2) is 10.9 Å². The summed E-state index contributed by atoms with van der Waals surface area (Å²) in [5.41, 5.74) is 1.07. The Bertz CT molecular complexity index is 1420. The van der Waals surface area contributed by atoms with E-state index in [2.05, 4.69) is 15.5 Å². The quantitative estimate of drug-likeness (QED) is 0.189. The zero-order valence-electron chi connectivity index (χ0n) is 21.4. The van der Waals surface area contributed by atoms with Crippen LogP contribution in [0.5, 0.6) is 0 Å². The van der Waals surface area contributed by atoms with Crippen LogP contribution in [0.1, 0.15) is 48.8 Å². The van der Waals surface area contributed by atoms with Gasteiger partial charge in [0, 0.05) is 48.6 Å². The first-order chi connectivity index (χ1) is 18.6. The molecule has 0 bridgehead atoms. The molecule has 0 radical (unpaired) electrons. The Kier molecular flexibility index (Phi) is 10.1. The van der Waals surface area contributed by atoms with Crippen LogP contribution in [0.3, 0.4) is 0 Å². The van der Waals surface area contributed by atoms with Crippen molar-refractivity contribution in [1.82, 2.24) is 24.4 Å². The molecule has 0 saturated carbocycles. The minimum absolute atomic E-state index is 0.0660. The summed E-state index contributed by atoms with van der Waals surface area (Å²) in [6.07, 6.45) is 3.92. The lowest BCUT2D eigenvalue weighted by atomic mass is 10.1. The summed E-state index contributed by atoms with van der Waals surface area (Å²) in [4.78, 5) is 24.4. The zero-order valence-corrected chi connectivity index (χ0v) is 24.5. The zero-order chi connectivity index (χ0) is 28.0. The smallest absolute Gasteiger partial charge is 0.243 e. The number of halogens is 2. The lowest BCUT2D eigenvalue weighted by Crippen LogP contribution is -2.35. The van der Waals surface area contributed by atoms with E-state index in [9.17, 15) is 18.0 Å². The van der Waals surface area contributed by atoms with E-state index in [-0.39, 0.29) is 22.3 Å². The van der Waals surface area contributed by atoms with Crippen LogP contribution in [0.2, 0.25) is 10.0 Å². The van der Waals surface area contributed by atoms with Gasteiger partial charge in [0.1, 0.15) is 5.82 Å². The maximum absolute atomic E-state index is 13.0. The molecule has 4 rings (SSSR count). The standard InChI is InChI=1S/C26H29Cl2N5O4S2/c1-18(34)29-11-5-6-25-30-31-26(33(25)22-15-20(27)14-21(28)16-22)38-17-24(35)19-7-9-23(10-8-19)39(36,37)32-12-3-2-4-13-32/h7-10,14-16H,2-6,11-13,17H2,1H3,(H,29,34). The van der Waals surface area contributed by atoms with E-state index >= 15 is 0 Å². The van der Waals surface area contributed by atoms with Crippen molar-refractivity contribution in [2.75, 3.05) is 25.4 Å². The molecule has 13 heteroatoms. The first kappa shape index (κ1) is 29.5. The van der Waals surface area contributed by atoms with Gasteiger partial charge >= 0.3 is 0 Å². The van der Waals surface area contributed by atoms with E-state index in [1.807, 2.05) is 0 Å². The molecule has 208 valence electrons. The number of carbonyl (C=O) groups excluding carboxylic acids is 2. The number of sulfonamides is 1. The molecule has 39 heavy (non-hydrogen) atoms. The molecule has 0 spiro atoms. The highest BCUT2D eigenvalue weighted by atomic mass is 35.5. The van der Waals surface area contributed by atoms with Gasteiger partial charge in [-0.15, -0.1) is 10.2 Å². The number of nitrogens with one attached hydrogen (secondary N) is 1. The fourth-order valence-corrected chi connectivity index (χ4v) is 7.17. The number of benzene rings is 2. The minimum atomic E-state index is -3.56. The van der Waals surface area contributed by atoms with Gasteiger partial charge in [-0.05, 0) is 49.6 Å². The lowest BCUT2D eigenvalue weighted by molar-refractivity contribution is -0.118. The SMILES string of the molecule is CC(=O)NCCCc1nnc(SCC(=O)c2ccc(S(=O)(=O)N3CCCCC3)cc2)n1-c1cc(Cl)cc(Cl)c1. The van der Waals surface area contributed by atoms with Crippen LogP contribution in [-0.2, 0) is 21.2 Å². The molecule has 1 fully saturated rings. The first-order valence-electron chi connectivity index (χ1n) is 12.6. The molecule has 3 aromatic rings. The molecule has 0 unspecified atom stereocenters. The second-order valence-corrected chi connectivity index (χ2v) is 12.9. The van der Waals surface area contributed by atoms with Gasteiger partial charge in [0.2, 0.25) is 15.9 Å². The maximum atomic E-state index is 13.0. The fourth-order valence-electron chi connectivity index (χ4n) is 4.27. The summed E-state index contributed by atoms with van der Waals surface area (Å²) >= 11 is 13.7. The Balaban J connectivity index is 1.48. The van der Waals surface area contributed by atoms with Gasteiger partial charge in [-0.2, -0.15) is 4.31 Å². The average molecular weight is 611 g/mol. The summed E-state index contributed by atoms with van der Waals surface area (Å²) in [5.74, 6) is 0.426. The molecule has 1 aliphatic heterocycles. The second kappa shape index (κ2) is 13.3. The third-order valence-electron chi connectivity index (χ3n) is 6.22. The van der Waals surface area contributed by atoms with E-state index in [1.54, 1.807) is 34.9 Å². The highest BCUT2D eigenvalue weighted by Crippen LogP contribution is 2.28. The van der Waals surface area contributed by atoms with E-state index in [1.165, 1.54) is 35.1 Å². The van der Waals surface area contributed by atoms with Crippen LogP contribution >= 0.6 is 35.0 Å². The molecule has 1 amide bonds. The number of aryl methyl sites for hydroxylation is 1. The number of hydrogen-bond donors (Lipinski definition) is 1. The summed E-state index contributed by atoms with van der Waals surface area (Å²) in [5, 5.41) is 12.7. The summed E-state index contributed by atoms with van der Waals surface area (Å²) < 4.78 is 29.1. The largest absolute Gasteiger partial charge is 0.356 e. The molecule has 2 heterocycles. The average Bonchev–Trinajstić information content (AvgIpc) is 3.32. The molecular weight excluding hydrogens is 581 g/mol. The first-order valence-corrected chi connectivity index (χ1v) is 15.7. The molecule has 1 N–H and O–H groups in total. The van der Waals surface area contributed by atoms with Gasteiger partial charge in [0.05, 0.1) is 16.3 Å². The third-order valence-corrected chi connectivity index (χ3v) is 9.50. The number of thioether (sulfide) groups is 1. The number of aromatic nitrogens is 3. The topological polar surface area (TPSA) is 114 Å². The fraction of sp³-hybridized carbons (Fsp3) is 0.385. The number of hydrogen-bond acceptors (Lipinski definition) is 7. The monoisotopic (exact) mass is 609 g/mol. The van der Waals surface area contributed by atoms with Crippen molar-refractivity contribution >= 4 is 56.7 Å². The van der Waals surface area contributed by atoms with Crippen molar-refractivity contribution in [3.63, 3.8) is 0 Å². The number of amides is 1. The number of nitrogens with zero attached hydrogens (tertiary/aromatic N) is 4.